The maximum atomic E-state index is 5.21. The summed E-state index contributed by atoms with van der Waals surface area (Å²) in [7, 11) is 1.78. The largest absolute Gasteiger partial charge is 0.383 e. The van der Waals surface area contributed by atoms with Crippen molar-refractivity contribution in [1.82, 2.24) is 10.2 Å². The molecule has 1 N–H and O–H groups in total. The van der Waals surface area contributed by atoms with Crippen LogP contribution in [0.5, 0.6) is 0 Å². The molecule has 3 heteroatoms. The summed E-state index contributed by atoms with van der Waals surface area (Å²) in [4.78, 5) is 2.54. The summed E-state index contributed by atoms with van der Waals surface area (Å²) in [6.07, 6.45) is 2.76. The van der Waals surface area contributed by atoms with Gasteiger partial charge in [-0.1, -0.05) is 13.8 Å². The second-order valence-electron chi connectivity index (χ2n) is 4.81. The van der Waals surface area contributed by atoms with Crippen LogP contribution in [-0.4, -0.2) is 50.8 Å². The van der Waals surface area contributed by atoms with Crippen LogP contribution in [0.1, 0.15) is 26.7 Å². The number of methoxy groups -OCH3 is 1. The number of nitrogens with zero attached hydrogens (tertiary/aromatic N) is 1. The molecule has 1 atom stereocenters. The molecule has 1 unspecified atom stereocenters. The van der Waals surface area contributed by atoms with Crippen LogP contribution in [0.3, 0.4) is 0 Å². The molecule has 0 saturated carbocycles. The van der Waals surface area contributed by atoms with Gasteiger partial charge >= 0.3 is 0 Å². The summed E-state index contributed by atoms with van der Waals surface area (Å²) in [6.45, 7) is 10.2. The molecule has 1 rings (SSSR count). The van der Waals surface area contributed by atoms with Crippen molar-refractivity contribution in [3.05, 3.63) is 0 Å². The maximum Gasteiger partial charge on any atom is 0.0618 e. The lowest BCUT2D eigenvalue weighted by Gasteiger charge is -2.23. The Labute approximate surface area is 94.2 Å². The number of hydrogen-bond donors (Lipinski definition) is 1. The van der Waals surface area contributed by atoms with E-state index >= 15 is 0 Å². The van der Waals surface area contributed by atoms with Crippen molar-refractivity contribution in [3.63, 3.8) is 0 Å². The molecule has 0 bridgehead atoms. The van der Waals surface area contributed by atoms with Gasteiger partial charge in [-0.25, -0.2) is 0 Å². The van der Waals surface area contributed by atoms with Crippen molar-refractivity contribution in [2.24, 2.45) is 5.92 Å². The van der Waals surface area contributed by atoms with Gasteiger partial charge in [0.15, 0.2) is 0 Å². The first-order valence-electron chi connectivity index (χ1n) is 6.18. The van der Waals surface area contributed by atoms with Gasteiger partial charge in [0.2, 0.25) is 0 Å². The van der Waals surface area contributed by atoms with Gasteiger partial charge in [-0.2, -0.15) is 0 Å². The minimum absolute atomic E-state index is 0.498. The molecule has 1 aliphatic rings. The van der Waals surface area contributed by atoms with Crippen molar-refractivity contribution in [3.8, 4) is 0 Å². The van der Waals surface area contributed by atoms with Crippen LogP contribution in [0.25, 0.3) is 0 Å². The molecule has 0 aromatic heterocycles. The van der Waals surface area contributed by atoms with E-state index in [2.05, 4.69) is 24.1 Å². The highest BCUT2D eigenvalue weighted by Gasteiger charge is 2.14. The molecule has 0 aliphatic carbocycles. The average molecular weight is 214 g/mol. The van der Waals surface area contributed by atoms with E-state index < -0.39 is 0 Å². The van der Waals surface area contributed by atoms with Crippen LogP contribution in [0.2, 0.25) is 0 Å². The Morgan fingerprint density at radius 3 is 2.47 bits per heavy atom. The first kappa shape index (κ1) is 12.9. The summed E-state index contributed by atoms with van der Waals surface area (Å²) < 4.78 is 5.21. The lowest BCUT2D eigenvalue weighted by molar-refractivity contribution is 0.145. The Morgan fingerprint density at radius 1 is 1.27 bits per heavy atom. The highest BCUT2D eigenvalue weighted by Crippen LogP contribution is 2.06. The topological polar surface area (TPSA) is 24.5 Å². The number of nitrogens with one attached hydrogen (secondary N) is 1. The normalized spacial score (nSPS) is 20.0. The summed E-state index contributed by atoms with van der Waals surface area (Å²) in [5, 5.41) is 3.58. The third-order valence-corrected chi connectivity index (χ3v) is 3.18. The van der Waals surface area contributed by atoms with Crippen LogP contribution in [-0.2, 0) is 4.74 Å². The predicted octanol–water partition coefficient (Wildman–Crippen LogP) is 1.34. The molecule has 1 aliphatic heterocycles. The molecular weight excluding hydrogens is 188 g/mol. The standard InChI is InChI=1S/C12H26N2O/c1-11(2)12(10-15-3)13-6-9-14-7-4-5-8-14/h11-13H,4-10H2,1-3H3. The van der Waals surface area contributed by atoms with Crippen molar-refractivity contribution in [2.45, 2.75) is 32.7 Å². The van der Waals surface area contributed by atoms with Gasteiger partial charge in [-0.3, -0.25) is 0 Å². The van der Waals surface area contributed by atoms with Crippen LogP contribution < -0.4 is 5.32 Å². The van der Waals surface area contributed by atoms with Gasteiger partial charge < -0.3 is 15.0 Å². The first-order chi connectivity index (χ1) is 7.24. The van der Waals surface area contributed by atoms with Gasteiger partial charge in [0.1, 0.15) is 0 Å². The number of rotatable bonds is 7. The molecule has 90 valence electrons. The molecule has 3 nitrogen and oxygen atoms in total. The Hall–Kier alpha value is -0.120. The van der Waals surface area contributed by atoms with Crippen molar-refractivity contribution in [1.29, 1.82) is 0 Å². The minimum atomic E-state index is 0.498. The number of hydrogen-bond acceptors (Lipinski definition) is 3. The lowest BCUT2D eigenvalue weighted by atomic mass is 10.1. The first-order valence-corrected chi connectivity index (χ1v) is 6.18. The van der Waals surface area contributed by atoms with Crippen molar-refractivity contribution < 1.29 is 4.74 Å². The van der Waals surface area contributed by atoms with Crippen LogP contribution >= 0.6 is 0 Å². The zero-order chi connectivity index (χ0) is 11.1. The molecule has 1 saturated heterocycles. The maximum absolute atomic E-state index is 5.21. The van der Waals surface area contributed by atoms with E-state index in [9.17, 15) is 0 Å². The van der Waals surface area contributed by atoms with E-state index in [-0.39, 0.29) is 0 Å². The Bertz CT molecular complexity index is 156. The summed E-state index contributed by atoms with van der Waals surface area (Å²) in [6, 6.07) is 0.498. The third kappa shape index (κ3) is 4.96. The molecule has 1 fully saturated rings. The third-order valence-electron chi connectivity index (χ3n) is 3.18. The predicted molar refractivity (Wildman–Crippen MR) is 64.2 cm³/mol. The Morgan fingerprint density at radius 2 is 1.93 bits per heavy atom. The van der Waals surface area contributed by atoms with Crippen molar-refractivity contribution in [2.75, 3.05) is 39.9 Å². The minimum Gasteiger partial charge on any atom is -0.383 e. The number of ether oxygens (including phenoxy) is 1. The highest BCUT2D eigenvalue weighted by molar-refractivity contribution is 4.72. The van der Waals surface area contributed by atoms with Crippen molar-refractivity contribution >= 4 is 0 Å². The SMILES string of the molecule is COCC(NCCN1CCCC1)C(C)C. The monoisotopic (exact) mass is 214 g/mol. The smallest absolute Gasteiger partial charge is 0.0618 e. The molecule has 15 heavy (non-hydrogen) atoms. The summed E-state index contributed by atoms with van der Waals surface area (Å²) in [5.74, 6) is 0.642. The Balaban J connectivity index is 2.09. The summed E-state index contributed by atoms with van der Waals surface area (Å²) >= 11 is 0. The van der Waals surface area contributed by atoms with E-state index in [1.807, 2.05) is 0 Å². The second kappa shape index (κ2) is 7.20. The molecule has 1 heterocycles. The fourth-order valence-corrected chi connectivity index (χ4v) is 2.08. The summed E-state index contributed by atoms with van der Waals surface area (Å²) in [5.41, 5.74) is 0. The number of likely N-dealkylation sites (tertiary alicyclic amines) is 1. The van der Waals surface area contributed by atoms with E-state index in [0.29, 0.717) is 12.0 Å². The molecule has 0 amide bonds. The molecule has 0 radical (unpaired) electrons. The zero-order valence-corrected chi connectivity index (χ0v) is 10.5. The molecule has 0 spiro atoms. The lowest BCUT2D eigenvalue weighted by Crippen LogP contribution is -2.41. The fraction of sp³-hybridized carbons (Fsp3) is 1.00. The Kier molecular flexibility index (Phi) is 6.22. The molecule has 0 aromatic carbocycles. The van der Waals surface area contributed by atoms with Crippen LogP contribution in [0, 0.1) is 5.92 Å². The average Bonchev–Trinajstić information content (AvgIpc) is 2.69. The van der Waals surface area contributed by atoms with Crippen LogP contribution in [0.4, 0.5) is 0 Å². The van der Waals surface area contributed by atoms with Crippen LogP contribution in [0.15, 0.2) is 0 Å². The zero-order valence-electron chi connectivity index (χ0n) is 10.5. The molecular formula is C12H26N2O. The van der Waals surface area contributed by atoms with Gasteiger partial charge in [0, 0.05) is 26.2 Å². The van der Waals surface area contributed by atoms with E-state index in [1.165, 1.54) is 32.5 Å². The quantitative estimate of drug-likeness (QED) is 0.692. The van der Waals surface area contributed by atoms with Gasteiger partial charge in [-0.05, 0) is 31.8 Å². The van der Waals surface area contributed by atoms with E-state index in [0.717, 1.165) is 13.2 Å². The highest BCUT2D eigenvalue weighted by atomic mass is 16.5. The van der Waals surface area contributed by atoms with Gasteiger partial charge in [0.25, 0.3) is 0 Å². The van der Waals surface area contributed by atoms with E-state index in [4.69, 9.17) is 4.74 Å². The second-order valence-corrected chi connectivity index (χ2v) is 4.81. The van der Waals surface area contributed by atoms with Gasteiger partial charge in [-0.15, -0.1) is 0 Å². The molecule has 0 aromatic rings. The van der Waals surface area contributed by atoms with E-state index in [1.54, 1.807) is 7.11 Å². The fourth-order valence-electron chi connectivity index (χ4n) is 2.08. The van der Waals surface area contributed by atoms with Gasteiger partial charge in [0.05, 0.1) is 6.61 Å².